The number of hydrogen-bond acceptors (Lipinski definition) is 6. The Kier molecular flexibility index (Phi) is 4.05. The van der Waals surface area contributed by atoms with Crippen LogP contribution in [-0.4, -0.2) is 51.2 Å². The van der Waals surface area contributed by atoms with Crippen LogP contribution in [-0.2, 0) is 24.4 Å². The fourth-order valence-corrected chi connectivity index (χ4v) is 6.59. The number of methoxy groups -OCH3 is 2. The van der Waals surface area contributed by atoms with E-state index in [9.17, 15) is 9.59 Å². The van der Waals surface area contributed by atoms with E-state index < -0.39 is 23.2 Å². The Balaban J connectivity index is 1.84. The number of hydrogen-bond donors (Lipinski definition) is 1. The molecule has 0 aromatic heterocycles. The lowest BCUT2D eigenvalue weighted by molar-refractivity contribution is -0.165. The van der Waals surface area contributed by atoms with Crippen molar-refractivity contribution in [2.24, 2.45) is 11.8 Å². The van der Waals surface area contributed by atoms with Gasteiger partial charge in [-0.3, -0.25) is 4.79 Å². The number of piperidine rings is 1. The number of ether oxygens (including phenoxy) is 3. The number of nitrogens with zero attached hydrogens (tertiary/aromatic N) is 1. The molecule has 7 heteroatoms. The maximum atomic E-state index is 13.3. The smallest absolute Gasteiger partial charge is 0.416 e. The monoisotopic (exact) mass is 398 g/mol. The number of anilines is 1. The molecule has 1 amide bonds. The molecular weight excluding hydrogens is 372 g/mol. The zero-order valence-electron chi connectivity index (χ0n) is 16.9. The summed E-state index contributed by atoms with van der Waals surface area (Å²) in [4.78, 5) is 28.0. The number of allylic oxidation sites excluding steroid dienone is 1. The number of nitrogens with one attached hydrogen (secondary N) is 1. The first-order valence-electron chi connectivity index (χ1n) is 10.1. The fourth-order valence-electron chi connectivity index (χ4n) is 6.59. The van der Waals surface area contributed by atoms with Crippen molar-refractivity contribution in [2.75, 3.05) is 32.3 Å². The van der Waals surface area contributed by atoms with Crippen LogP contribution in [0.15, 0.2) is 35.9 Å². The zero-order valence-corrected chi connectivity index (χ0v) is 16.9. The molecule has 3 aliphatic heterocycles. The predicted molar refractivity (Wildman–Crippen MR) is 105 cm³/mol. The van der Waals surface area contributed by atoms with Gasteiger partial charge >= 0.3 is 12.1 Å². The number of rotatable bonds is 1. The maximum Gasteiger partial charge on any atom is 0.416 e. The van der Waals surface area contributed by atoms with E-state index in [1.807, 2.05) is 31.2 Å². The van der Waals surface area contributed by atoms with Crippen LogP contribution < -0.4 is 10.2 Å². The molecule has 7 nitrogen and oxygen atoms in total. The van der Waals surface area contributed by atoms with Crippen molar-refractivity contribution in [2.45, 2.75) is 36.9 Å². The molecule has 2 unspecified atom stereocenters. The van der Waals surface area contributed by atoms with Gasteiger partial charge in [0.15, 0.2) is 5.72 Å². The van der Waals surface area contributed by atoms with Gasteiger partial charge in [-0.2, -0.15) is 0 Å². The minimum Gasteiger partial charge on any atom is -0.469 e. The molecule has 3 heterocycles. The van der Waals surface area contributed by atoms with Crippen molar-refractivity contribution in [3.63, 3.8) is 0 Å². The minimum atomic E-state index is -1.02. The average molecular weight is 398 g/mol. The summed E-state index contributed by atoms with van der Waals surface area (Å²) in [5.74, 6) is -0.638. The second-order valence-corrected chi connectivity index (χ2v) is 8.23. The van der Waals surface area contributed by atoms with E-state index in [1.54, 1.807) is 4.90 Å². The van der Waals surface area contributed by atoms with E-state index >= 15 is 0 Å². The largest absolute Gasteiger partial charge is 0.469 e. The molecule has 0 spiro atoms. The second-order valence-electron chi connectivity index (χ2n) is 8.23. The molecular formula is C22H26N2O5. The minimum absolute atomic E-state index is 0.0409. The molecule has 1 saturated carbocycles. The van der Waals surface area contributed by atoms with Crippen LogP contribution in [0.2, 0.25) is 0 Å². The highest BCUT2D eigenvalue weighted by Crippen LogP contribution is 2.68. The summed E-state index contributed by atoms with van der Waals surface area (Å²) in [6, 6.07) is 7.68. The quantitative estimate of drug-likeness (QED) is 0.578. The predicted octanol–water partition coefficient (Wildman–Crippen LogP) is 2.35. The summed E-state index contributed by atoms with van der Waals surface area (Å²) in [6.07, 6.45) is 2.97. The SMILES string of the molecule is C/C=C1/CNC2CC1[C@@H](C(=O)OC)[C@@]13CCO[C@@]21N(C(=O)OC)c1ccccc13. The number of amides is 1. The van der Waals surface area contributed by atoms with E-state index in [0.29, 0.717) is 26.0 Å². The summed E-state index contributed by atoms with van der Waals surface area (Å²) < 4.78 is 17.0. The number of benzene rings is 1. The van der Waals surface area contributed by atoms with Crippen LogP contribution in [0, 0.1) is 11.8 Å². The average Bonchev–Trinajstić information content (AvgIpc) is 3.26. The zero-order chi connectivity index (χ0) is 20.4. The Bertz CT molecular complexity index is 914. The van der Waals surface area contributed by atoms with E-state index in [4.69, 9.17) is 14.2 Å². The van der Waals surface area contributed by atoms with Gasteiger partial charge in [0.05, 0.1) is 43.9 Å². The van der Waals surface area contributed by atoms with Gasteiger partial charge in [-0.1, -0.05) is 29.8 Å². The third-order valence-corrected chi connectivity index (χ3v) is 7.52. The number of fused-ring (bicyclic) bond motifs is 3. The van der Waals surface area contributed by atoms with Crippen molar-refractivity contribution >= 4 is 17.7 Å². The van der Waals surface area contributed by atoms with Gasteiger partial charge in [-0.25, -0.2) is 9.69 Å². The summed E-state index contributed by atoms with van der Waals surface area (Å²) >= 11 is 0. The van der Waals surface area contributed by atoms with Gasteiger partial charge in [0, 0.05) is 6.54 Å². The molecule has 2 bridgehead atoms. The standard InChI is InChI=1S/C22H26N2O5/c1-4-13-12-23-17-11-14(13)18(19(25)27-2)21-9-10-29-22(17,21)24(20(26)28-3)16-8-6-5-7-15(16)21/h4-8,14,17-18,23H,9-12H2,1-3H3/b13-4-/t14?,17?,18-,21-,22-/m0/s1. The highest BCUT2D eigenvalue weighted by molar-refractivity contribution is 5.95. The molecule has 1 aromatic rings. The molecule has 2 saturated heterocycles. The number of carbonyl (C=O) groups excluding carboxylic acids is 2. The summed E-state index contributed by atoms with van der Waals surface area (Å²) in [5.41, 5.74) is 1.22. The Morgan fingerprint density at radius 3 is 2.79 bits per heavy atom. The summed E-state index contributed by atoms with van der Waals surface area (Å²) in [7, 11) is 2.82. The van der Waals surface area contributed by atoms with Crippen molar-refractivity contribution in [3.8, 4) is 0 Å². The first-order valence-corrected chi connectivity index (χ1v) is 10.1. The molecule has 154 valence electrons. The lowest BCUT2D eigenvalue weighted by Crippen LogP contribution is -2.76. The van der Waals surface area contributed by atoms with Gasteiger partial charge in [-0.15, -0.1) is 0 Å². The maximum absolute atomic E-state index is 13.3. The summed E-state index contributed by atoms with van der Waals surface area (Å²) in [5, 5.41) is 3.61. The number of para-hydroxylation sites is 1. The Labute approximate surface area is 170 Å². The van der Waals surface area contributed by atoms with Crippen molar-refractivity contribution in [1.29, 1.82) is 0 Å². The first-order chi connectivity index (χ1) is 14.1. The Hall–Kier alpha value is -2.38. The molecule has 0 radical (unpaired) electrons. The lowest BCUT2D eigenvalue weighted by Gasteiger charge is -2.59. The summed E-state index contributed by atoms with van der Waals surface area (Å²) in [6.45, 7) is 3.14. The van der Waals surface area contributed by atoms with Crippen molar-refractivity contribution in [3.05, 3.63) is 41.5 Å². The topological polar surface area (TPSA) is 77.1 Å². The molecule has 3 fully saturated rings. The van der Waals surface area contributed by atoms with E-state index in [-0.39, 0.29) is 17.9 Å². The third kappa shape index (κ3) is 2.00. The fraction of sp³-hybridized carbons (Fsp3) is 0.545. The molecule has 4 aliphatic rings. The molecule has 1 aromatic carbocycles. The van der Waals surface area contributed by atoms with Gasteiger partial charge in [0.2, 0.25) is 0 Å². The molecule has 29 heavy (non-hydrogen) atoms. The van der Waals surface area contributed by atoms with Gasteiger partial charge in [0.25, 0.3) is 0 Å². The first kappa shape index (κ1) is 18.6. The van der Waals surface area contributed by atoms with Crippen LogP contribution in [0.3, 0.4) is 0 Å². The molecule has 5 atom stereocenters. The lowest BCUT2D eigenvalue weighted by atomic mass is 9.51. The van der Waals surface area contributed by atoms with Crippen LogP contribution in [0.4, 0.5) is 10.5 Å². The van der Waals surface area contributed by atoms with Gasteiger partial charge in [-0.05, 0) is 37.3 Å². The van der Waals surface area contributed by atoms with Crippen LogP contribution in [0.5, 0.6) is 0 Å². The highest BCUT2D eigenvalue weighted by Gasteiger charge is 2.78. The van der Waals surface area contributed by atoms with E-state index in [1.165, 1.54) is 19.8 Å². The van der Waals surface area contributed by atoms with Crippen molar-refractivity contribution in [1.82, 2.24) is 5.32 Å². The van der Waals surface area contributed by atoms with Gasteiger partial charge < -0.3 is 19.5 Å². The molecule has 1 N–H and O–H groups in total. The van der Waals surface area contributed by atoms with Crippen LogP contribution in [0.1, 0.15) is 25.3 Å². The van der Waals surface area contributed by atoms with E-state index in [0.717, 1.165) is 11.3 Å². The van der Waals surface area contributed by atoms with Crippen molar-refractivity contribution < 1.29 is 23.8 Å². The molecule has 5 rings (SSSR count). The second kappa shape index (κ2) is 6.31. The number of esters is 1. The molecule has 1 aliphatic carbocycles. The van der Waals surface area contributed by atoms with Gasteiger partial charge in [0.1, 0.15) is 0 Å². The normalized spacial score (nSPS) is 38.2. The third-order valence-electron chi connectivity index (χ3n) is 7.52. The number of carbonyl (C=O) groups is 2. The van der Waals surface area contributed by atoms with Crippen LogP contribution in [0.25, 0.3) is 0 Å². The Morgan fingerprint density at radius 1 is 1.28 bits per heavy atom. The highest BCUT2D eigenvalue weighted by atomic mass is 16.6. The Morgan fingerprint density at radius 2 is 2.07 bits per heavy atom. The van der Waals surface area contributed by atoms with Crippen LogP contribution >= 0.6 is 0 Å². The van der Waals surface area contributed by atoms with E-state index in [2.05, 4.69) is 11.4 Å².